The van der Waals surface area contributed by atoms with E-state index in [1.54, 1.807) is 6.07 Å². The van der Waals surface area contributed by atoms with Gasteiger partial charge in [-0.1, -0.05) is 12.1 Å². The van der Waals surface area contributed by atoms with E-state index in [9.17, 15) is 27.9 Å². The fourth-order valence-electron chi connectivity index (χ4n) is 2.26. The van der Waals surface area contributed by atoms with Crippen LogP contribution >= 0.6 is 12.4 Å². The van der Waals surface area contributed by atoms with Gasteiger partial charge in [0, 0.05) is 19.2 Å². The molecule has 0 aliphatic heterocycles. The number of aromatic carboxylic acids is 1. The highest BCUT2D eigenvalue weighted by atomic mass is 35.5. The first kappa shape index (κ1) is 22.3. The minimum Gasteiger partial charge on any atom is -0.478 e. The molecular formula is C18H17ClF3NO4. The third-order valence-electron chi connectivity index (χ3n) is 3.49. The number of hydrogen-bond acceptors (Lipinski definition) is 4. The van der Waals surface area contributed by atoms with Crippen molar-refractivity contribution in [2.75, 3.05) is 11.9 Å². The van der Waals surface area contributed by atoms with Gasteiger partial charge in [-0.3, -0.25) is 4.79 Å². The van der Waals surface area contributed by atoms with Crippen molar-refractivity contribution in [1.82, 2.24) is 0 Å². The highest BCUT2D eigenvalue weighted by molar-refractivity contribution is 5.93. The Balaban J connectivity index is 0.00000364. The summed E-state index contributed by atoms with van der Waals surface area (Å²) >= 11 is 0. The van der Waals surface area contributed by atoms with Crippen LogP contribution in [0.4, 0.5) is 18.9 Å². The van der Waals surface area contributed by atoms with Crippen LogP contribution in [0.3, 0.4) is 0 Å². The molecule has 2 N–H and O–H groups in total. The van der Waals surface area contributed by atoms with Crippen molar-refractivity contribution in [2.45, 2.75) is 19.5 Å². The maximum absolute atomic E-state index is 12.5. The average molecular weight is 404 g/mol. The molecule has 2 aromatic rings. The van der Waals surface area contributed by atoms with Gasteiger partial charge in [-0.15, -0.1) is 12.4 Å². The normalized spacial score (nSPS) is 10.7. The van der Waals surface area contributed by atoms with Gasteiger partial charge in [0.1, 0.15) is 11.3 Å². The number of carboxylic acids is 1. The molecule has 2 rings (SSSR count). The SMILES string of the molecule is CC(=O)Oc1ccc(NCCc2ccc(C(F)(F)F)cc2)cc1C(=O)O.Cl. The van der Waals surface area contributed by atoms with Crippen LogP contribution in [0.1, 0.15) is 28.4 Å². The number of carbonyl (C=O) groups is 2. The molecule has 146 valence electrons. The van der Waals surface area contributed by atoms with E-state index in [1.165, 1.54) is 31.2 Å². The Morgan fingerprint density at radius 2 is 1.74 bits per heavy atom. The number of benzene rings is 2. The van der Waals surface area contributed by atoms with Crippen molar-refractivity contribution in [2.24, 2.45) is 0 Å². The summed E-state index contributed by atoms with van der Waals surface area (Å²) in [6.07, 6.45) is -3.92. The summed E-state index contributed by atoms with van der Waals surface area (Å²) in [5.74, 6) is -1.93. The number of nitrogens with one attached hydrogen (secondary N) is 1. The summed E-state index contributed by atoms with van der Waals surface area (Å²) in [6, 6.07) is 9.08. The van der Waals surface area contributed by atoms with Crippen LogP contribution in [-0.4, -0.2) is 23.6 Å². The lowest BCUT2D eigenvalue weighted by Crippen LogP contribution is -2.10. The number of esters is 1. The second-order valence-electron chi connectivity index (χ2n) is 5.48. The Hall–Kier alpha value is -2.74. The maximum Gasteiger partial charge on any atom is 0.416 e. The van der Waals surface area contributed by atoms with Crippen molar-refractivity contribution in [3.63, 3.8) is 0 Å². The van der Waals surface area contributed by atoms with E-state index in [1.807, 2.05) is 0 Å². The summed E-state index contributed by atoms with van der Waals surface area (Å²) in [6.45, 7) is 1.55. The molecule has 0 aromatic heterocycles. The maximum atomic E-state index is 12.5. The van der Waals surface area contributed by atoms with Crippen LogP contribution in [0.2, 0.25) is 0 Å². The van der Waals surface area contributed by atoms with E-state index in [0.717, 1.165) is 12.1 Å². The predicted molar refractivity (Wildman–Crippen MR) is 95.6 cm³/mol. The van der Waals surface area contributed by atoms with Gasteiger partial charge < -0.3 is 15.2 Å². The summed E-state index contributed by atoms with van der Waals surface area (Å²) < 4.78 is 42.4. The zero-order valence-electron chi connectivity index (χ0n) is 14.2. The molecule has 0 fully saturated rings. The third-order valence-corrected chi connectivity index (χ3v) is 3.49. The number of rotatable bonds is 6. The molecule has 0 radical (unpaired) electrons. The number of halogens is 4. The Morgan fingerprint density at radius 1 is 1.11 bits per heavy atom. The molecule has 27 heavy (non-hydrogen) atoms. The van der Waals surface area contributed by atoms with E-state index in [0.29, 0.717) is 24.2 Å². The number of carboxylic acid groups (broad SMARTS) is 1. The fraction of sp³-hybridized carbons (Fsp3) is 0.222. The first-order chi connectivity index (χ1) is 12.2. The van der Waals surface area contributed by atoms with Crippen LogP contribution in [0.25, 0.3) is 0 Å². The van der Waals surface area contributed by atoms with Gasteiger partial charge in [-0.25, -0.2) is 4.79 Å². The number of hydrogen-bond donors (Lipinski definition) is 2. The van der Waals surface area contributed by atoms with Crippen LogP contribution < -0.4 is 10.1 Å². The van der Waals surface area contributed by atoms with Gasteiger partial charge in [-0.2, -0.15) is 13.2 Å². The highest BCUT2D eigenvalue weighted by Crippen LogP contribution is 2.29. The molecule has 0 saturated heterocycles. The minimum atomic E-state index is -4.37. The van der Waals surface area contributed by atoms with Gasteiger partial charge in [-0.05, 0) is 42.3 Å². The van der Waals surface area contributed by atoms with Crippen molar-refractivity contribution in [3.8, 4) is 5.75 Å². The van der Waals surface area contributed by atoms with E-state index >= 15 is 0 Å². The van der Waals surface area contributed by atoms with Crippen molar-refractivity contribution in [3.05, 3.63) is 59.2 Å². The topological polar surface area (TPSA) is 75.6 Å². The van der Waals surface area contributed by atoms with Gasteiger partial charge in [0.05, 0.1) is 5.56 Å². The molecule has 9 heteroatoms. The van der Waals surface area contributed by atoms with Gasteiger partial charge >= 0.3 is 18.1 Å². The molecule has 0 saturated carbocycles. The Morgan fingerprint density at radius 3 is 2.26 bits per heavy atom. The van der Waals surface area contributed by atoms with Gasteiger partial charge in [0.15, 0.2) is 0 Å². The van der Waals surface area contributed by atoms with E-state index in [2.05, 4.69) is 5.32 Å². The first-order valence-corrected chi connectivity index (χ1v) is 7.62. The fourth-order valence-corrected chi connectivity index (χ4v) is 2.26. The molecule has 2 aromatic carbocycles. The summed E-state index contributed by atoms with van der Waals surface area (Å²) in [5, 5.41) is 12.2. The molecule has 0 heterocycles. The van der Waals surface area contributed by atoms with Crippen molar-refractivity contribution < 1.29 is 32.6 Å². The Bertz CT molecular complexity index is 807. The molecule has 0 spiro atoms. The van der Waals surface area contributed by atoms with E-state index < -0.39 is 23.7 Å². The van der Waals surface area contributed by atoms with E-state index in [4.69, 9.17) is 4.74 Å². The zero-order chi connectivity index (χ0) is 19.3. The second kappa shape index (κ2) is 9.27. The minimum absolute atomic E-state index is 0. The molecule has 5 nitrogen and oxygen atoms in total. The quantitative estimate of drug-likeness (QED) is 0.552. The molecule has 0 atom stereocenters. The van der Waals surface area contributed by atoms with Gasteiger partial charge in [0.25, 0.3) is 0 Å². The van der Waals surface area contributed by atoms with Crippen LogP contribution in [0.5, 0.6) is 5.75 Å². The molecular weight excluding hydrogens is 387 g/mol. The molecule has 0 aliphatic rings. The first-order valence-electron chi connectivity index (χ1n) is 7.62. The number of alkyl halides is 3. The summed E-state index contributed by atoms with van der Waals surface area (Å²) in [4.78, 5) is 22.2. The average Bonchev–Trinajstić information content (AvgIpc) is 2.55. The highest BCUT2D eigenvalue weighted by Gasteiger charge is 2.29. The van der Waals surface area contributed by atoms with Crippen molar-refractivity contribution >= 4 is 30.0 Å². The zero-order valence-corrected chi connectivity index (χ0v) is 15.0. The van der Waals surface area contributed by atoms with Crippen LogP contribution in [0, 0.1) is 0 Å². The lowest BCUT2D eigenvalue weighted by Gasteiger charge is -2.11. The number of ether oxygens (including phenoxy) is 1. The molecule has 0 bridgehead atoms. The smallest absolute Gasteiger partial charge is 0.416 e. The number of carbonyl (C=O) groups excluding carboxylic acids is 1. The monoisotopic (exact) mass is 403 g/mol. The molecule has 0 unspecified atom stereocenters. The molecule has 0 amide bonds. The van der Waals surface area contributed by atoms with E-state index in [-0.39, 0.29) is 23.7 Å². The Kier molecular flexibility index (Phi) is 7.66. The summed E-state index contributed by atoms with van der Waals surface area (Å²) in [7, 11) is 0. The van der Waals surface area contributed by atoms with Crippen LogP contribution in [0.15, 0.2) is 42.5 Å². The lowest BCUT2D eigenvalue weighted by atomic mass is 10.1. The summed E-state index contributed by atoms with van der Waals surface area (Å²) in [5.41, 5.74) is 0.326. The van der Waals surface area contributed by atoms with Gasteiger partial charge in [0.2, 0.25) is 0 Å². The molecule has 0 aliphatic carbocycles. The second-order valence-corrected chi connectivity index (χ2v) is 5.48. The van der Waals surface area contributed by atoms with Crippen LogP contribution in [-0.2, 0) is 17.4 Å². The largest absolute Gasteiger partial charge is 0.478 e. The number of anilines is 1. The predicted octanol–water partition coefficient (Wildman–Crippen LogP) is 4.41. The lowest BCUT2D eigenvalue weighted by molar-refractivity contribution is -0.137. The standard InChI is InChI=1S/C18H16F3NO4.ClH/c1-11(23)26-16-7-6-14(10-15(16)17(24)25)22-9-8-12-2-4-13(5-3-12)18(19,20)21;/h2-7,10,22H,8-9H2,1H3,(H,24,25);1H. The van der Waals surface area contributed by atoms with Crippen molar-refractivity contribution in [1.29, 1.82) is 0 Å². The Labute approximate surface area is 159 Å². The third kappa shape index (κ3) is 6.49.